The van der Waals surface area contributed by atoms with Gasteiger partial charge < -0.3 is 15.2 Å². The minimum Gasteiger partial charge on any atom is -0.493 e. The van der Waals surface area contributed by atoms with Crippen molar-refractivity contribution >= 4 is 11.6 Å². The van der Waals surface area contributed by atoms with Crippen molar-refractivity contribution in [1.29, 1.82) is 0 Å². The molecule has 0 spiro atoms. The molecule has 0 atom stereocenters. The molecule has 0 saturated carbocycles. The second-order valence-corrected chi connectivity index (χ2v) is 4.35. The number of unbranched alkanes of at least 4 members (excludes halogenated alkanes) is 1. The van der Waals surface area contributed by atoms with E-state index in [1.165, 1.54) is 0 Å². The molecule has 0 aliphatic carbocycles. The van der Waals surface area contributed by atoms with Gasteiger partial charge in [0, 0.05) is 16.7 Å². The van der Waals surface area contributed by atoms with Crippen LogP contribution in [-0.4, -0.2) is 20.3 Å². The van der Waals surface area contributed by atoms with Gasteiger partial charge in [0.1, 0.15) is 0 Å². The topological polar surface area (TPSA) is 44.5 Å². The van der Waals surface area contributed by atoms with Crippen molar-refractivity contribution < 1.29 is 9.47 Å². The molecule has 3 nitrogen and oxygen atoms in total. The molecule has 0 heterocycles. The molecule has 1 rings (SSSR count). The molecule has 0 aliphatic heterocycles. The third-order valence-corrected chi connectivity index (χ3v) is 2.75. The molecule has 0 amide bonds. The van der Waals surface area contributed by atoms with Crippen LogP contribution in [0.1, 0.15) is 18.4 Å². The maximum Gasteiger partial charge on any atom is 0.164 e. The summed E-state index contributed by atoms with van der Waals surface area (Å²) in [6, 6.07) is 3.63. The van der Waals surface area contributed by atoms with Gasteiger partial charge in [-0.05, 0) is 31.9 Å². The Labute approximate surface area is 114 Å². The first-order valence-corrected chi connectivity index (χ1v) is 6.41. The summed E-state index contributed by atoms with van der Waals surface area (Å²) < 4.78 is 11.1. The molecule has 0 fully saturated rings. The standard InChI is InChI=1S/C14H20ClNO2/c1-3-4-5-8-18-14-11(6-7-16)9-12(15)10-13(14)17-2/h3,9-10H,1,4-8,16H2,2H3. The Hall–Kier alpha value is -1.19. The summed E-state index contributed by atoms with van der Waals surface area (Å²) >= 11 is 6.03. The van der Waals surface area contributed by atoms with E-state index in [1.54, 1.807) is 13.2 Å². The fraction of sp³-hybridized carbons (Fsp3) is 0.429. The molecule has 18 heavy (non-hydrogen) atoms. The van der Waals surface area contributed by atoms with E-state index in [2.05, 4.69) is 6.58 Å². The van der Waals surface area contributed by atoms with E-state index in [9.17, 15) is 0 Å². The highest BCUT2D eigenvalue weighted by Crippen LogP contribution is 2.35. The van der Waals surface area contributed by atoms with E-state index in [0.717, 1.165) is 24.2 Å². The number of rotatable bonds is 8. The molecule has 100 valence electrons. The van der Waals surface area contributed by atoms with Crippen molar-refractivity contribution in [1.82, 2.24) is 0 Å². The van der Waals surface area contributed by atoms with Crippen LogP contribution in [0.5, 0.6) is 11.5 Å². The van der Waals surface area contributed by atoms with Crippen LogP contribution < -0.4 is 15.2 Å². The van der Waals surface area contributed by atoms with Gasteiger partial charge in [0.25, 0.3) is 0 Å². The monoisotopic (exact) mass is 269 g/mol. The van der Waals surface area contributed by atoms with Gasteiger partial charge in [0.15, 0.2) is 11.5 Å². The number of halogens is 1. The van der Waals surface area contributed by atoms with Crippen molar-refractivity contribution in [3.8, 4) is 11.5 Å². The van der Waals surface area contributed by atoms with E-state index >= 15 is 0 Å². The summed E-state index contributed by atoms with van der Waals surface area (Å²) in [5, 5.41) is 0.633. The number of hydrogen-bond donors (Lipinski definition) is 1. The lowest BCUT2D eigenvalue weighted by atomic mass is 10.1. The zero-order valence-electron chi connectivity index (χ0n) is 10.7. The van der Waals surface area contributed by atoms with E-state index in [-0.39, 0.29) is 0 Å². The first kappa shape index (κ1) is 14.9. The molecular weight excluding hydrogens is 250 g/mol. The second-order valence-electron chi connectivity index (χ2n) is 3.91. The van der Waals surface area contributed by atoms with Gasteiger partial charge in [0.2, 0.25) is 0 Å². The van der Waals surface area contributed by atoms with Gasteiger partial charge >= 0.3 is 0 Å². The Morgan fingerprint density at radius 3 is 2.83 bits per heavy atom. The molecule has 0 bridgehead atoms. The SMILES string of the molecule is C=CCCCOc1c(CCN)cc(Cl)cc1OC. The summed E-state index contributed by atoms with van der Waals surface area (Å²) in [5.41, 5.74) is 6.58. The predicted octanol–water partition coefficient (Wildman–Crippen LogP) is 3.19. The van der Waals surface area contributed by atoms with Gasteiger partial charge in [0.05, 0.1) is 13.7 Å². The van der Waals surface area contributed by atoms with Crippen molar-refractivity contribution in [2.24, 2.45) is 5.73 Å². The average Bonchev–Trinajstić information content (AvgIpc) is 2.36. The summed E-state index contributed by atoms with van der Waals surface area (Å²) in [6.07, 6.45) is 4.45. The molecule has 0 saturated heterocycles. The van der Waals surface area contributed by atoms with Gasteiger partial charge in [-0.15, -0.1) is 6.58 Å². The second kappa shape index (κ2) is 8.01. The number of benzene rings is 1. The third kappa shape index (κ3) is 4.24. The molecule has 2 N–H and O–H groups in total. The van der Waals surface area contributed by atoms with Gasteiger partial charge in [-0.1, -0.05) is 17.7 Å². The quantitative estimate of drug-likeness (QED) is 0.582. The molecule has 0 aliphatic rings. The van der Waals surface area contributed by atoms with Crippen LogP contribution in [0, 0.1) is 0 Å². The van der Waals surface area contributed by atoms with E-state index in [0.29, 0.717) is 30.3 Å². The Morgan fingerprint density at radius 2 is 2.22 bits per heavy atom. The van der Waals surface area contributed by atoms with E-state index in [4.69, 9.17) is 26.8 Å². The van der Waals surface area contributed by atoms with Crippen molar-refractivity contribution in [2.45, 2.75) is 19.3 Å². The van der Waals surface area contributed by atoms with Crippen LogP contribution in [0.3, 0.4) is 0 Å². The Morgan fingerprint density at radius 1 is 1.44 bits per heavy atom. The van der Waals surface area contributed by atoms with Gasteiger partial charge in [-0.2, -0.15) is 0 Å². The van der Waals surface area contributed by atoms with E-state index in [1.807, 2.05) is 12.1 Å². The number of hydrogen-bond acceptors (Lipinski definition) is 3. The van der Waals surface area contributed by atoms with Crippen LogP contribution in [0.25, 0.3) is 0 Å². The Kier molecular flexibility index (Phi) is 6.61. The minimum atomic E-state index is 0.548. The summed E-state index contributed by atoms with van der Waals surface area (Å²) in [5.74, 6) is 1.40. The minimum absolute atomic E-state index is 0.548. The smallest absolute Gasteiger partial charge is 0.164 e. The van der Waals surface area contributed by atoms with Gasteiger partial charge in [-0.3, -0.25) is 0 Å². The number of nitrogens with two attached hydrogens (primary N) is 1. The van der Waals surface area contributed by atoms with Crippen LogP contribution in [-0.2, 0) is 6.42 Å². The van der Waals surface area contributed by atoms with E-state index < -0.39 is 0 Å². The van der Waals surface area contributed by atoms with Crippen molar-refractivity contribution in [3.63, 3.8) is 0 Å². The molecule has 1 aromatic rings. The van der Waals surface area contributed by atoms with Crippen molar-refractivity contribution in [3.05, 3.63) is 35.4 Å². The highest BCUT2D eigenvalue weighted by atomic mass is 35.5. The molecule has 0 unspecified atom stereocenters. The molecular formula is C14H20ClNO2. The summed E-state index contributed by atoms with van der Waals surface area (Å²) in [7, 11) is 1.61. The van der Waals surface area contributed by atoms with Crippen LogP contribution >= 0.6 is 11.6 Å². The first-order valence-electron chi connectivity index (χ1n) is 6.03. The normalized spacial score (nSPS) is 10.2. The highest BCUT2D eigenvalue weighted by molar-refractivity contribution is 6.30. The lowest BCUT2D eigenvalue weighted by Crippen LogP contribution is -2.07. The third-order valence-electron chi connectivity index (χ3n) is 2.53. The predicted molar refractivity (Wildman–Crippen MR) is 75.7 cm³/mol. The maximum atomic E-state index is 6.03. The zero-order chi connectivity index (χ0) is 13.4. The highest BCUT2D eigenvalue weighted by Gasteiger charge is 2.12. The van der Waals surface area contributed by atoms with Crippen LogP contribution in [0.4, 0.5) is 0 Å². The lowest BCUT2D eigenvalue weighted by molar-refractivity contribution is 0.287. The number of allylic oxidation sites excluding steroid dienone is 1. The zero-order valence-corrected chi connectivity index (χ0v) is 11.5. The number of methoxy groups -OCH3 is 1. The maximum absolute atomic E-state index is 6.03. The lowest BCUT2D eigenvalue weighted by Gasteiger charge is -2.15. The van der Waals surface area contributed by atoms with Gasteiger partial charge in [-0.25, -0.2) is 0 Å². The fourth-order valence-electron chi connectivity index (χ4n) is 1.68. The average molecular weight is 270 g/mol. The molecule has 1 aromatic carbocycles. The molecule has 0 aromatic heterocycles. The van der Waals surface area contributed by atoms with Crippen LogP contribution in [0.2, 0.25) is 5.02 Å². The summed E-state index contributed by atoms with van der Waals surface area (Å²) in [4.78, 5) is 0. The largest absolute Gasteiger partial charge is 0.493 e. The number of ether oxygens (including phenoxy) is 2. The first-order chi connectivity index (χ1) is 8.72. The molecule has 0 radical (unpaired) electrons. The summed E-state index contributed by atoms with van der Waals surface area (Å²) in [6.45, 7) is 4.86. The fourth-order valence-corrected chi connectivity index (χ4v) is 1.91. The Bertz CT molecular complexity index is 394. The molecule has 4 heteroatoms. The Balaban J connectivity index is 2.86. The van der Waals surface area contributed by atoms with Crippen LogP contribution in [0.15, 0.2) is 24.8 Å². The van der Waals surface area contributed by atoms with Crippen molar-refractivity contribution in [2.75, 3.05) is 20.3 Å².